The highest BCUT2D eigenvalue weighted by molar-refractivity contribution is 5.92. The Morgan fingerprint density at radius 2 is 1.79 bits per heavy atom. The van der Waals surface area contributed by atoms with Gasteiger partial charge in [0.1, 0.15) is 5.56 Å². The molecule has 2 rings (SSSR count). The number of ether oxygens (including phenoxy) is 2. The second kappa shape index (κ2) is 10.7. The fourth-order valence-corrected chi connectivity index (χ4v) is 2.82. The standard InChI is InChI=1S/C21H24N2O6/c1-28-17-11-5-10-16(21(26)27)20(17)29-14-19(25)23(13-18(22)24)12-6-9-15-7-3-2-4-8-15/h2-5,7-8,10-11H,6,9,12-14H2,1H3,(H2,22,24)(H,26,27). The molecule has 2 amide bonds. The summed E-state index contributed by atoms with van der Waals surface area (Å²) >= 11 is 0. The second-order valence-electron chi connectivity index (χ2n) is 6.30. The molecule has 8 nitrogen and oxygen atoms in total. The van der Waals surface area contributed by atoms with E-state index in [0.717, 1.165) is 12.0 Å². The van der Waals surface area contributed by atoms with Crippen LogP contribution in [0.15, 0.2) is 48.5 Å². The molecule has 0 heterocycles. The van der Waals surface area contributed by atoms with Crippen LogP contribution in [0.2, 0.25) is 0 Å². The van der Waals surface area contributed by atoms with E-state index in [1.165, 1.54) is 30.2 Å². The summed E-state index contributed by atoms with van der Waals surface area (Å²) in [4.78, 5) is 36.6. The number of rotatable bonds is 11. The Labute approximate surface area is 168 Å². The van der Waals surface area contributed by atoms with Crippen molar-refractivity contribution < 1.29 is 29.0 Å². The predicted octanol–water partition coefficient (Wildman–Crippen LogP) is 1.72. The van der Waals surface area contributed by atoms with Crippen molar-refractivity contribution in [2.75, 3.05) is 26.8 Å². The number of primary amides is 1. The van der Waals surface area contributed by atoms with Crippen LogP contribution in [-0.4, -0.2) is 54.6 Å². The molecule has 0 atom stereocenters. The minimum absolute atomic E-state index is 0.0424. The van der Waals surface area contributed by atoms with E-state index in [4.69, 9.17) is 15.2 Å². The van der Waals surface area contributed by atoms with E-state index in [1.807, 2.05) is 30.3 Å². The van der Waals surface area contributed by atoms with Crippen LogP contribution in [0.5, 0.6) is 11.5 Å². The van der Waals surface area contributed by atoms with Crippen LogP contribution in [0.1, 0.15) is 22.3 Å². The van der Waals surface area contributed by atoms with Crippen molar-refractivity contribution in [2.45, 2.75) is 12.8 Å². The Hall–Kier alpha value is -3.55. The number of methoxy groups -OCH3 is 1. The topological polar surface area (TPSA) is 119 Å². The first-order chi connectivity index (χ1) is 13.9. The summed E-state index contributed by atoms with van der Waals surface area (Å²) in [6.45, 7) is -0.369. The van der Waals surface area contributed by atoms with Gasteiger partial charge in [0.2, 0.25) is 5.91 Å². The number of aromatic carboxylic acids is 1. The number of nitrogens with zero attached hydrogens (tertiary/aromatic N) is 1. The van der Waals surface area contributed by atoms with Crippen LogP contribution in [-0.2, 0) is 16.0 Å². The number of nitrogens with two attached hydrogens (primary N) is 1. The van der Waals surface area contributed by atoms with Crippen LogP contribution >= 0.6 is 0 Å². The number of hydrogen-bond acceptors (Lipinski definition) is 5. The van der Waals surface area contributed by atoms with Crippen molar-refractivity contribution in [2.24, 2.45) is 5.73 Å². The zero-order valence-electron chi connectivity index (χ0n) is 16.2. The summed E-state index contributed by atoms with van der Waals surface area (Å²) in [6.07, 6.45) is 1.37. The fraction of sp³-hybridized carbons (Fsp3) is 0.286. The number of benzene rings is 2. The molecule has 0 fully saturated rings. The van der Waals surface area contributed by atoms with E-state index >= 15 is 0 Å². The van der Waals surface area contributed by atoms with Crippen LogP contribution < -0.4 is 15.2 Å². The van der Waals surface area contributed by atoms with E-state index in [9.17, 15) is 19.5 Å². The number of amides is 2. The van der Waals surface area contributed by atoms with Gasteiger partial charge in [0.25, 0.3) is 5.91 Å². The maximum Gasteiger partial charge on any atom is 0.339 e. The van der Waals surface area contributed by atoms with Gasteiger partial charge in [-0.25, -0.2) is 4.79 Å². The van der Waals surface area contributed by atoms with E-state index in [0.29, 0.717) is 13.0 Å². The molecular weight excluding hydrogens is 376 g/mol. The van der Waals surface area contributed by atoms with Crippen molar-refractivity contribution in [3.05, 3.63) is 59.7 Å². The molecule has 2 aromatic rings. The van der Waals surface area contributed by atoms with E-state index in [2.05, 4.69) is 0 Å². The van der Waals surface area contributed by atoms with Gasteiger partial charge in [-0.05, 0) is 30.5 Å². The lowest BCUT2D eigenvalue weighted by Gasteiger charge is -2.22. The molecule has 0 radical (unpaired) electrons. The van der Waals surface area contributed by atoms with Gasteiger partial charge < -0.3 is 25.2 Å². The largest absolute Gasteiger partial charge is 0.493 e. The van der Waals surface area contributed by atoms with E-state index in [-0.39, 0.29) is 23.6 Å². The second-order valence-corrected chi connectivity index (χ2v) is 6.30. The van der Waals surface area contributed by atoms with Crippen molar-refractivity contribution >= 4 is 17.8 Å². The molecule has 3 N–H and O–H groups in total. The van der Waals surface area contributed by atoms with Crippen LogP contribution in [0.25, 0.3) is 0 Å². The molecular formula is C21H24N2O6. The van der Waals surface area contributed by atoms with Gasteiger partial charge in [-0.15, -0.1) is 0 Å². The minimum atomic E-state index is -1.21. The molecule has 154 valence electrons. The quantitative estimate of drug-likeness (QED) is 0.593. The van der Waals surface area contributed by atoms with Crippen molar-refractivity contribution in [3.8, 4) is 11.5 Å². The lowest BCUT2D eigenvalue weighted by Crippen LogP contribution is -2.41. The van der Waals surface area contributed by atoms with E-state index < -0.39 is 24.4 Å². The van der Waals surface area contributed by atoms with Gasteiger partial charge in [-0.1, -0.05) is 36.4 Å². The molecule has 8 heteroatoms. The molecule has 29 heavy (non-hydrogen) atoms. The van der Waals surface area contributed by atoms with Crippen molar-refractivity contribution in [1.29, 1.82) is 0 Å². The highest BCUT2D eigenvalue weighted by atomic mass is 16.5. The zero-order chi connectivity index (χ0) is 21.2. The SMILES string of the molecule is COc1cccc(C(=O)O)c1OCC(=O)N(CCCc1ccccc1)CC(N)=O. The Morgan fingerprint density at radius 3 is 2.41 bits per heavy atom. The smallest absolute Gasteiger partial charge is 0.339 e. The summed E-state index contributed by atoms with van der Waals surface area (Å²) in [6, 6.07) is 14.2. The third-order valence-corrected chi connectivity index (χ3v) is 4.20. The van der Waals surface area contributed by atoms with Gasteiger partial charge in [-0.2, -0.15) is 0 Å². The first-order valence-corrected chi connectivity index (χ1v) is 9.05. The summed E-state index contributed by atoms with van der Waals surface area (Å²) in [5.74, 6) is -2.16. The molecule has 0 spiro atoms. The Morgan fingerprint density at radius 1 is 1.07 bits per heavy atom. The summed E-state index contributed by atoms with van der Waals surface area (Å²) in [5, 5.41) is 9.31. The molecule has 0 bridgehead atoms. The lowest BCUT2D eigenvalue weighted by molar-refractivity contribution is -0.137. The highest BCUT2D eigenvalue weighted by Crippen LogP contribution is 2.31. The van der Waals surface area contributed by atoms with Crippen LogP contribution in [0, 0.1) is 0 Å². The average molecular weight is 400 g/mol. The monoisotopic (exact) mass is 400 g/mol. The zero-order valence-corrected chi connectivity index (χ0v) is 16.2. The number of carboxylic acid groups (broad SMARTS) is 1. The first-order valence-electron chi connectivity index (χ1n) is 9.05. The third-order valence-electron chi connectivity index (χ3n) is 4.20. The summed E-state index contributed by atoms with van der Waals surface area (Å²) in [7, 11) is 1.37. The maximum atomic E-state index is 12.6. The lowest BCUT2D eigenvalue weighted by atomic mass is 10.1. The van der Waals surface area contributed by atoms with Gasteiger partial charge >= 0.3 is 5.97 Å². The normalized spacial score (nSPS) is 10.2. The van der Waals surface area contributed by atoms with Gasteiger partial charge in [-0.3, -0.25) is 9.59 Å². The number of carbonyl (C=O) groups is 3. The first kappa shape index (κ1) is 21.7. The molecule has 0 aliphatic rings. The predicted molar refractivity (Wildman–Crippen MR) is 106 cm³/mol. The van der Waals surface area contributed by atoms with Gasteiger partial charge in [0.05, 0.1) is 13.7 Å². The molecule has 0 aliphatic heterocycles. The number of carboxylic acids is 1. The Kier molecular flexibility index (Phi) is 8.02. The Balaban J connectivity index is 2.02. The fourth-order valence-electron chi connectivity index (χ4n) is 2.82. The van der Waals surface area contributed by atoms with Crippen LogP contribution in [0.4, 0.5) is 0 Å². The molecule has 2 aromatic carbocycles. The van der Waals surface area contributed by atoms with Crippen molar-refractivity contribution in [1.82, 2.24) is 4.90 Å². The highest BCUT2D eigenvalue weighted by Gasteiger charge is 2.20. The Bertz CT molecular complexity index is 854. The molecule has 0 saturated heterocycles. The van der Waals surface area contributed by atoms with Crippen molar-refractivity contribution in [3.63, 3.8) is 0 Å². The molecule has 0 saturated carbocycles. The van der Waals surface area contributed by atoms with Gasteiger partial charge in [0, 0.05) is 6.54 Å². The number of aryl methyl sites for hydroxylation is 1. The average Bonchev–Trinajstić information content (AvgIpc) is 2.71. The molecule has 0 unspecified atom stereocenters. The number of carbonyl (C=O) groups excluding carboxylic acids is 2. The van der Waals surface area contributed by atoms with Gasteiger partial charge in [0.15, 0.2) is 18.1 Å². The third kappa shape index (κ3) is 6.53. The molecule has 0 aliphatic carbocycles. The van der Waals surface area contributed by atoms with E-state index in [1.54, 1.807) is 0 Å². The molecule has 0 aromatic heterocycles. The number of hydrogen-bond donors (Lipinski definition) is 2. The summed E-state index contributed by atoms with van der Waals surface area (Å²) < 4.78 is 10.6. The maximum absolute atomic E-state index is 12.6. The van der Waals surface area contributed by atoms with Crippen LogP contribution in [0.3, 0.4) is 0 Å². The number of para-hydroxylation sites is 1. The minimum Gasteiger partial charge on any atom is -0.493 e. The summed E-state index contributed by atoms with van der Waals surface area (Å²) in [5.41, 5.74) is 6.26.